The lowest BCUT2D eigenvalue weighted by molar-refractivity contribution is 0.321. The number of pyridine rings is 1. The number of hydrogen-bond acceptors (Lipinski definition) is 3. The first-order valence-electron chi connectivity index (χ1n) is 3.49. The van der Waals surface area contributed by atoms with Crippen molar-refractivity contribution >= 4 is 6.21 Å². The Labute approximate surface area is 65.4 Å². The van der Waals surface area contributed by atoms with E-state index in [1.807, 2.05) is 12.1 Å². The molecule has 0 saturated heterocycles. The molecule has 3 nitrogen and oxygen atoms in total. The second-order valence-electron chi connectivity index (χ2n) is 2.19. The zero-order valence-electron chi connectivity index (χ0n) is 6.36. The average Bonchev–Trinajstić information content (AvgIpc) is 2.06. The van der Waals surface area contributed by atoms with Crippen LogP contribution in [0.5, 0.6) is 0 Å². The molecule has 0 aromatic carbocycles. The van der Waals surface area contributed by atoms with Gasteiger partial charge in [-0.2, -0.15) is 0 Å². The summed E-state index contributed by atoms with van der Waals surface area (Å²) < 4.78 is 0. The van der Waals surface area contributed by atoms with E-state index in [1.165, 1.54) is 11.8 Å². The molecule has 1 aromatic heterocycles. The Hall–Kier alpha value is -1.38. The minimum absolute atomic E-state index is 0.687. The molecule has 1 aromatic rings. The summed E-state index contributed by atoms with van der Waals surface area (Å²) in [4.78, 5) is 3.97. The van der Waals surface area contributed by atoms with Crippen LogP contribution in [0.15, 0.2) is 23.5 Å². The quantitative estimate of drug-likeness (QED) is 0.394. The van der Waals surface area contributed by atoms with Crippen LogP contribution in [0, 0.1) is 0 Å². The predicted molar refractivity (Wildman–Crippen MR) is 43.0 cm³/mol. The van der Waals surface area contributed by atoms with E-state index in [4.69, 9.17) is 5.21 Å². The number of rotatable bonds is 2. The van der Waals surface area contributed by atoms with E-state index >= 15 is 0 Å². The van der Waals surface area contributed by atoms with Gasteiger partial charge in [0.25, 0.3) is 0 Å². The average molecular weight is 150 g/mol. The minimum Gasteiger partial charge on any atom is -0.411 e. The number of aryl methyl sites for hydroxylation is 1. The Kier molecular flexibility index (Phi) is 2.60. The third-order valence-electron chi connectivity index (χ3n) is 1.44. The third kappa shape index (κ3) is 2.04. The van der Waals surface area contributed by atoms with Gasteiger partial charge in [0.05, 0.1) is 11.9 Å². The molecular weight excluding hydrogens is 140 g/mol. The lowest BCUT2D eigenvalue weighted by Crippen LogP contribution is -1.89. The lowest BCUT2D eigenvalue weighted by Gasteiger charge is -1.95. The van der Waals surface area contributed by atoms with E-state index in [1.54, 1.807) is 6.20 Å². The van der Waals surface area contributed by atoms with Crippen LogP contribution in [0.1, 0.15) is 18.2 Å². The molecule has 0 unspecified atom stereocenters. The van der Waals surface area contributed by atoms with Gasteiger partial charge in [-0.25, -0.2) is 0 Å². The maximum absolute atomic E-state index is 8.21. The third-order valence-corrected chi connectivity index (χ3v) is 1.44. The summed E-state index contributed by atoms with van der Waals surface area (Å²) in [7, 11) is 0. The highest BCUT2D eigenvalue weighted by Crippen LogP contribution is 1.99. The molecule has 1 heterocycles. The largest absolute Gasteiger partial charge is 0.411 e. The first kappa shape index (κ1) is 7.72. The fraction of sp³-hybridized carbons (Fsp3) is 0.250. The van der Waals surface area contributed by atoms with Crippen molar-refractivity contribution in [2.45, 2.75) is 13.3 Å². The molecule has 0 fully saturated rings. The van der Waals surface area contributed by atoms with Gasteiger partial charge < -0.3 is 5.21 Å². The molecule has 58 valence electrons. The molecular formula is C8H10N2O. The van der Waals surface area contributed by atoms with Gasteiger partial charge in [-0.05, 0) is 24.1 Å². The normalized spacial score (nSPS) is 10.6. The summed E-state index contributed by atoms with van der Waals surface area (Å²) in [6.45, 7) is 2.06. The highest BCUT2D eigenvalue weighted by Gasteiger charge is 1.91. The highest BCUT2D eigenvalue weighted by molar-refractivity contribution is 5.76. The lowest BCUT2D eigenvalue weighted by atomic mass is 10.2. The maximum atomic E-state index is 8.21. The zero-order chi connectivity index (χ0) is 8.10. The van der Waals surface area contributed by atoms with E-state index < -0.39 is 0 Å². The molecule has 3 heteroatoms. The molecule has 0 saturated carbocycles. The second-order valence-corrected chi connectivity index (χ2v) is 2.19. The first-order chi connectivity index (χ1) is 5.36. The monoisotopic (exact) mass is 150 g/mol. The molecule has 0 bridgehead atoms. The molecule has 0 aliphatic carbocycles. The molecule has 0 radical (unpaired) electrons. The Bertz CT molecular complexity index is 258. The summed E-state index contributed by atoms with van der Waals surface area (Å²) in [6.07, 6.45) is 3.99. The SMILES string of the molecule is CCc1ccnc(/C=N/O)c1. The van der Waals surface area contributed by atoms with E-state index in [0.29, 0.717) is 5.69 Å². The summed E-state index contributed by atoms with van der Waals surface area (Å²) in [5.41, 5.74) is 1.88. The molecule has 0 aliphatic rings. The van der Waals surface area contributed by atoms with Gasteiger partial charge in [-0.1, -0.05) is 12.1 Å². The molecule has 0 amide bonds. The van der Waals surface area contributed by atoms with Crippen LogP contribution < -0.4 is 0 Å². The van der Waals surface area contributed by atoms with E-state index in [-0.39, 0.29) is 0 Å². The maximum Gasteiger partial charge on any atom is 0.0918 e. The van der Waals surface area contributed by atoms with Crippen molar-refractivity contribution in [1.29, 1.82) is 0 Å². The van der Waals surface area contributed by atoms with Gasteiger partial charge >= 0.3 is 0 Å². The second kappa shape index (κ2) is 3.71. The van der Waals surface area contributed by atoms with Gasteiger partial charge in [-0.15, -0.1) is 0 Å². The van der Waals surface area contributed by atoms with Gasteiger partial charge in [0.15, 0.2) is 0 Å². The van der Waals surface area contributed by atoms with Crippen LogP contribution in [-0.4, -0.2) is 16.4 Å². The van der Waals surface area contributed by atoms with Crippen molar-refractivity contribution in [2.75, 3.05) is 0 Å². The Morgan fingerprint density at radius 2 is 2.55 bits per heavy atom. The fourth-order valence-electron chi connectivity index (χ4n) is 0.844. The first-order valence-corrected chi connectivity index (χ1v) is 3.49. The number of oxime groups is 1. The van der Waals surface area contributed by atoms with Crippen molar-refractivity contribution < 1.29 is 5.21 Å². The van der Waals surface area contributed by atoms with E-state index in [2.05, 4.69) is 17.1 Å². The summed E-state index contributed by atoms with van der Waals surface area (Å²) >= 11 is 0. The van der Waals surface area contributed by atoms with Crippen molar-refractivity contribution in [1.82, 2.24) is 4.98 Å². The molecule has 11 heavy (non-hydrogen) atoms. The zero-order valence-corrected chi connectivity index (χ0v) is 6.36. The molecule has 0 spiro atoms. The van der Waals surface area contributed by atoms with Crippen LogP contribution in [-0.2, 0) is 6.42 Å². The van der Waals surface area contributed by atoms with Crippen LogP contribution in [0.25, 0.3) is 0 Å². The minimum atomic E-state index is 0.687. The summed E-state index contributed by atoms with van der Waals surface area (Å²) in [5.74, 6) is 0. The van der Waals surface area contributed by atoms with Gasteiger partial charge in [0.1, 0.15) is 0 Å². The summed E-state index contributed by atoms with van der Waals surface area (Å²) in [6, 6.07) is 3.83. The smallest absolute Gasteiger partial charge is 0.0918 e. The predicted octanol–water partition coefficient (Wildman–Crippen LogP) is 1.45. The van der Waals surface area contributed by atoms with Crippen LogP contribution >= 0.6 is 0 Å². The van der Waals surface area contributed by atoms with Gasteiger partial charge in [0.2, 0.25) is 0 Å². The van der Waals surface area contributed by atoms with Crippen LogP contribution in [0.3, 0.4) is 0 Å². The van der Waals surface area contributed by atoms with Crippen molar-refractivity contribution in [3.63, 3.8) is 0 Å². The van der Waals surface area contributed by atoms with Crippen LogP contribution in [0.2, 0.25) is 0 Å². The molecule has 1 N–H and O–H groups in total. The molecule has 1 rings (SSSR count). The van der Waals surface area contributed by atoms with Gasteiger partial charge in [-0.3, -0.25) is 4.98 Å². The number of aromatic nitrogens is 1. The Morgan fingerprint density at radius 3 is 3.18 bits per heavy atom. The summed E-state index contributed by atoms with van der Waals surface area (Å²) in [5, 5.41) is 11.1. The van der Waals surface area contributed by atoms with Crippen molar-refractivity contribution in [2.24, 2.45) is 5.16 Å². The topological polar surface area (TPSA) is 45.5 Å². The number of nitrogens with zero attached hydrogens (tertiary/aromatic N) is 2. The van der Waals surface area contributed by atoms with Gasteiger partial charge in [0, 0.05) is 6.20 Å². The Balaban J connectivity index is 2.91. The fourth-order valence-corrected chi connectivity index (χ4v) is 0.844. The standard InChI is InChI=1S/C8H10N2O/c1-2-7-3-4-9-8(5-7)6-10-11/h3-6,11H,2H2,1H3/b10-6+. The molecule has 0 aliphatic heterocycles. The van der Waals surface area contributed by atoms with E-state index in [0.717, 1.165) is 6.42 Å². The van der Waals surface area contributed by atoms with E-state index in [9.17, 15) is 0 Å². The van der Waals surface area contributed by atoms with Crippen molar-refractivity contribution in [3.8, 4) is 0 Å². The molecule has 0 atom stereocenters. The number of hydrogen-bond donors (Lipinski definition) is 1. The Morgan fingerprint density at radius 1 is 1.73 bits per heavy atom. The van der Waals surface area contributed by atoms with Crippen molar-refractivity contribution in [3.05, 3.63) is 29.6 Å². The van der Waals surface area contributed by atoms with Crippen LogP contribution in [0.4, 0.5) is 0 Å². The highest BCUT2D eigenvalue weighted by atomic mass is 16.4.